The van der Waals surface area contributed by atoms with E-state index in [0.717, 1.165) is 0 Å². The van der Waals surface area contributed by atoms with Crippen LogP contribution in [0.15, 0.2) is 42.9 Å². The van der Waals surface area contributed by atoms with Gasteiger partial charge in [-0.05, 0) is 39.0 Å². The summed E-state index contributed by atoms with van der Waals surface area (Å²) in [5.41, 5.74) is 8.31. The van der Waals surface area contributed by atoms with Crippen LogP contribution in [-0.2, 0) is 13.0 Å². The van der Waals surface area contributed by atoms with Gasteiger partial charge in [0.25, 0.3) is 5.91 Å². The van der Waals surface area contributed by atoms with Crippen LogP contribution in [0.25, 0.3) is 5.52 Å². The molecule has 0 aliphatic carbocycles. The number of nitrogens with zero attached hydrogens (tertiary/aromatic N) is 4. The normalized spacial score (nSPS) is 11.2. The molecular formula is C24H24ClFN6O2. The van der Waals surface area contributed by atoms with Crippen molar-refractivity contribution in [3.63, 3.8) is 0 Å². The summed E-state index contributed by atoms with van der Waals surface area (Å²) in [7, 11) is 0. The van der Waals surface area contributed by atoms with Crippen molar-refractivity contribution in [2.75, 3.05) is 5.73 Å². The van der Waals surface area contributed by atoms with Crippen LogP contribution in [-0.4, -0.2) is 31.4 Å². The van der Waals surface area contributed by atoms with Crippen molar-refractivity contribution in [2.24, 2.45) is 0 Å². The van der Waals surface area contributed by atoms with Gasteiger partial charge in [0.05, 0.1) is 29.1 Å². The van der Waals surface area contributed by atoms with E-state index in [1.807, 2.05) is 11.3 Å². The molecule has 0 unspecified atom stereocenters. The monoisotopic (exact) mass is 482 g/mol. The lowest BCUT2D eigenvalue weighted by Crippen LogP contribution is -2.26. The lowest BCUT2D eigenvalue weighted by molar-refractivity contribution is 0.0939. The SMILES string of the molecule is Cc1nc(Cc2cc(Cl)c(F)c(C(=O)NCc3ccccn3)c2OC(C)C)n2ccnc(N)c12. The summed E-state index contributed by atoms with van der Waals surface area (Å²) in [6.45, 7) is 5.55. The molecule has 0 aliphatic heterocycles. The van der Waals surface area contributed by atoms with Crippen molar-refractivity contribution < 1.29 is 13.9 Å². The van der Waals surface area contributed by atoms with Gasteiger partial charge in [-0.15, -0.1) is 0 Å². The number of pyridine rings is 1. The largest absolute Gasteiger partial charge is 0.490 e. The third kappa shape index (κ3) is 4.65. The van der Waals surface area contributed by atoms with Crippen molar-refractivity contribution >= 4 is 28.8 Å². The molecule has 4 rings (SSSR count). The zero-order valence-electron chi connectivity index (χ0n) is 19.0. The Morgan fingerprint density at radius 1 is 1.29 bits per heavy atom. The topological polar surface area (TPSA) is 107 Å². The molecule has 1 aromatic carbocycles. The van der Waals surface area contributed by atoms with Gasteiger partial charge in [0.1, 0.15) is 28.5 Å². The number of ether oxygens (including phenoxy) is 1. The number of nitrogen functional groups attached to an aromatic ring is 1. The number of aromatic nitrogens is 4. The van der Waals surface area contributed by atoms with Gasteiger partial charge in [0, 0.05) is 30.6 Å². The van der Waals surface area contributed by atoms with Gasteiger partial charge in [0.15, 0.2) is 5.82 Å². The molecular weight excluding hydrogens is 459 g/mol. The highest BCUT2D eigenvalue weighted by Crippen LogP contribution is 2.34. The van der Waals surface area contributed by atoms with Crippen LogP contribution in [0.2, 0.25) is 5.02 Å². The van der Waals surface area contributed by atoms with Crippen LogP contribution in [0.4, 0.5) is 10.2 Å². The molecule has 3 N–H and O–H groups in total. The molecule has 0 saturated heterocycles. The van der Waals surface area contributed by atoms with Gasteiger partial charge in [-0.25, -0.2) is 14.4 Å². The number of amides is 1. The molecule has 0 bridgehead atoms. The zero-order valence-corrected chi connectivity index (χ0v) is 19.7. The second-order valence-electron chi connectivity index (χ2n) is 8.03. The molecule has 3 aromatic heterocycles. The van der Waals surface area contributed by atoms with Crippen molar-refractivity contribution in [1.29, 1.82) is 0 Å². The van der Waals surface area contributed by atoms with Gasteiger partial charge in [-0.2, -0.15) is 0 Å². The summed E-state index contributed by atoms with van der Waals surface area (Å²) in [5.74, 6) is -0.411. The number of halogens is 2. The molecule has 0 saturated carbocycles. The van der Waals surface area contributed by atoms with E-state index in [9.17, 15) is 4.79 Å². The number of carbonyl (C=O) groups is 1. The zero-order chi connectivity index (χ0) is 24.4. The molecule has 8 nitrogen and oxygen atoms in total. The molecule has 3 heterocycles. The van der Waals surface area contributed by atoms with E-state index in [1.165, 1.54) is 6.07 Å². The summed E-state index contributed by atoms with van der Waals surface area (Å²) in [6, 6.07) is 6.80. The Balaban J connectivity index is 1.77. The van der Waals surface area contributed by atoms with Gasteiger partial charge in [-0.3, -0.25) is 14.2 Å². The second kappa shape index (κ2) is 9.64. The van der Waals surface area contributed by atoms with Gasteiger partial charge < -0.3 is 15.8 Å². The lowest BCUT2D eigenvalue weighted by Gasteiger charge is -2.19. The number of hydrogen-bond acceptors (Lipinski definition) is 6. The minimum Gasteiger partial charge on any atom is -0.490 e. The van der Waals surface area contributed by atoms with Crippen LogP contribution in [0.5, 0.6) is 5.75 Å². The highest BCUT2D eigenvalue weighted by atomic mass is 35.5. The standard InChI is InChI=1S/C24H24ClFN6O2/c1-13(2)34-22-15(11-18-31-14(3)21-23(27)29-8-9-32(18)21)10-17(25)20(26)19(22)24(33)30-12-16-6-4-5-7-28-16/h4-10,13H,11-12H2,1-3H3,(H2,27,29)(H,30,33). The summed E-state index contributed by atoms with van der Waals surface area (Å²) in [6.07, 6.45) is 4.84. The maximum absolute atomic E-state index is 15.2. The van der Waals surface area contributed by atoms with E-state index < -0.39 is 11.7 Å². The molecule has 34 heavy (non-hydrogen) atoms. The fourth-order valence-electron chi connectivity index (χ4n) is 3.74. The van der Waals surface area contributed by atoms with Gasteiger partial charge >= 0.3 is 0 Å². The maximum atomic E-state index is 15.2. The average Bonchev–Trinajstić information content (AvgIpc) is 3.12. The molecule has 10 heteroatoms. The van der Waals surface area contributed by atoms with Crippen molar-refractivity contribution in [3.05, 3.63) is 82.0 Å². The van der Waals surface area contributed by atoms with E-state index >= 15 is 4.39 Å². The summed E-state index contributed by atoms with van der Waals surface area (Å²) in [4.78, 5) is 26.0. The number of benzene rings is 1. The minimum atomic E-state index is -0.850. The fourth-order valence-corrected chi connectivity index (χ4v) is 3.96. The van der Waals surface area contributed by atoms with E-state index in [4.69, 9.17) is 22.1 Å². The predicted molar refractivity (Wildman–Crippen MR) is 128 cm³/mol. The van der Waals surface area contributed by atoms with Crippen molar-refractivity contribution in [2.45, 2.75) is 39.8 Å². The summed E-state index contributed by atoms with van der Waals surface area (Å²) in [5, 5.41) is 2.52. The number of fused-ring (bicyclic) bond motifs is 1. The maximum Gasteiger partial charge on any atom is 0.258 e. The number of anilines is 1. The molecule has 0 spiro atoms. The molecule has 0 atom stereocenters. The van der Waals surface area contributed by atoms with E-state index in [2.05, 4.69) is 20.3 Å². The third-order valence-corrected chi connectivity index (χ3v) is 5.44. The first kappa shape index (κ1) is 23.4. The summed E-state index contributed by atoms with van der Waals surface area (Å²) < 4.78 is 22.9. The second-order valence-corrected chi connectivity index (χ2v) is 8.43. The Kier molecular flexibility index (Phi) is 6.65. The smallest absolute Gasteiger partial charge is 0.258 e. The fraction of sp³-hybridized carbons (Fsp3) is 0.250. The molecule has 4 aromatic rings. The number of carbonyl (C=O) groups excluding carboxylic acids is 1. The van der Waals surface area contributed by atoms with Crippen LogP contribution in [0.3, 0.4) is 0 Å². The van der Waals surface area contributed by atoms with Crippen LogP contribution >= 0.6 is 11.6 Å². The molecule has 0 aliphatic rings. The van der Waals surface area contributed by atoms with E-state index in [-0.39, 0.29) is 35.4 Å². The van der Waals surface area contributed by atoms with Crippen LogP contribution in [0, 0.1) is 12.7 Å². The average molecular weight is 483 g/mol. The number of aryl methyl sites for hydroxylation is 1. The summed E-state index contributed by atoms with van der Waals surface area (Å²) >= 11 is 6.22. The van der Waals surface area contributed by atoms with Crippen molar-refractivity contribution in [3.8, 4) is 5.75 Å². The Morgan fingerprint density at radius 3 is 2.79 bits per heavy atom. The molecule has 176 valence electrons. The number of nitrogens with two attached hydrogens (primary N) is 1. The van der Waals surface area contributed by atoms with Crippen LogP contribution in [0.1, 0.15) is 47.0 Å². The Morgan fingerprint density at radius 2 is 2.09 bits per heavy atom. The Bertz CT molecular complexity index is 1360. The lowest BCUT2D eigenvalue weighted by atomic mass is 10.0. The van der Waals surface area contributed by atoms with Crippen LogP contribution < -0.4 is 15.8 Å². The highest BCUT2D eigenvalue weighted by molar-refractivity contribution is 6.31. The number of nitrogens with one attached hydrogen (secondary N) is 1. The number of rotatable bonds is 7. The van der Waals surface area contributed by atoms with Gasteiger partial charge in [0.2, 0.25) is 0 Å². The highest BCUT2D eigenvalue weighted by Gasteiger charge is 2.26. The minimum absolute atomic E-state index is 0.117. The Labute approximate surface area is 201 Å². The van der Waals surface area contributed by atoms with Gasteiger partial charge in [-0.1, -0.05) is 17.7 Å². The van der Waals surface area contributed by atoms with E-state index in [1.54, 1.807) is 50.6 Å². The first-order valence-corrected chi connectivity index (χ1v) is 11.1. The number of imidazole rings is 1. The molecule has 0 radical (unpaired) electrons. The van der Waals surface area contributed by atoms with E-state index in [0.29, 0.717) is 34.1 Å². The van der Waals surface area contributed by atoms with Crippen molar-refractivity contribution in [1.82, 2.24) is 24.7 Å². The first-order valence-electron chi connectivity index (χ1n) is 10.7. The first-order chi connectivity index (χ1) is 16.3. The molecule has 0 fully saturated rings. The third-order valence-electron chi connectivity index (χ3n) is 5.16. The quantitative estimate of drug-likeness (QED) is 0.410. The Hall–Kier alpha value is -3.72. The predicted octanol–water partition coefficient (Wildman–Crippen LogP) is 4.12. The molecule has 1 amide bonds. The number of hydrogen-bond donors (Lipinski definition) is 2.